The molecule has 0 saturated heterocycles. The van der Waals surface area contributed by atoms with E-state index in [0.717, 1.165) is 0 Å². The smallest absolute Gasteiger partial charge is 0.282 e. The van der Waals surface area contributed by atoms with Gasteiger partial charge >= 0.3 is 0 Å². The van der Waals surface area contributed by atoms with Crippen LogP contribution in [0.15, 0.2) is 34.4 Å². The van der Waals surface area contributed by atoms with Crippen molar-refractivity contribution in [3.63, 3.8) is 0 Å². The third kappa shape index (κ3) is 3.60. The summed E-state index contributed by atoms with van der Waals surface area (Å²) in [5, 5.41) is 27.3. The van der Waals surface area contributed by atoms with Crippen molar-refractivity contribution in [3.8, 4) is 22.1 Å². The van der Waals surface area contributed by atoms with Crippen LogP contribution in [0.25, 0.3) is 27.2 Å². The summed E-state index contributed by atoms with van der Waals surface area (Å²) < 4.78 is 6.57. The fraction of sp³-hybridized carbons (Fsp3) is 0.167. The van der Waals surface area contributed by atoms with Gasteiger partial charge in [-0.1, -0.05) is 11.3 Å². The maximum atomic E-state index is 13.4. The van der Waals surface area contributed by atoms with Gasteiger partial charge in [-0.3, -0.25) is 4.79 Å². The molecular weight excluding hydrogens is 442 g/mol. The molecule has 154 valence electrons. The van der Waals surface area contributed by atoms with Gasteiger partial charge in [0.15, 0.2) is 10.1 Å². The third-order valence-corrected chi connectivity index (χ3v) is 6.41. The van der Waals surface area contributed by atoms with E-state index in [4.69, 9.17) is 17.0 Å². The Balaban J connectivity index is 1.98. The molecule has 9 nitrogen and oxygen atoms in total. The van der Waals surface area contributed by atoms with E-state index in [2.05, 4.69) is 31.2 Å². The number of aromatic nitrogens is 4. The van der Waals surface area contributed by atoms with E-state index >= 15 is 0 Å². The Hall–Kier alpha value is -3.09. The minimum Gasteiger partial charge on any atom is -0.497 e. The fourth-order valence-electron chi connectivity index (χ4n) is 2.78. The summed E-state index contributed by atoms with van der Waals surface area (Å²) in [4.78, 5) is 13.4. The number of nitrogens with one attached hydrogen (secondary N) is 3. The van der Waals surface area contributed by atoms with Crippen LogP contribution in [0.1, 0.15) is 0 Å². The highest BCUT2D eigenvalue weighted by molar-refractivity contribution is 7.80. The Morgan fingerprint density at radius 1 is 1.20 bits per heavy atom. The molecule has 3 N–H and O–H groups in total. The molecule has 0 bridgehead atoms. The lowest BCUT2D eigenvalue weighted by atomic mass is 10.2. The van der Waals surface area contributed by atoms with Crippen molar-refractivity contribution in [1.29, 1.82) is 0 Å². The molecule has 1 aromatic carbocycles. The molecule has 3 heterocycles. The zero-order chi connectivity index (χ0) is 21.3. The van der Waals surface area contributed by atoms with Crippen LogP contribution in [-0.4, -0.2) is 46.3 Å². The molecule has 0 aliphatic carbocycles. The standard InChI is InChI=1S/C18H17N7O2S3/c1-19-17(28)21-14-12-11(8-29-14)13(15-22-23-18(20-2)30-15)24-25(16(12)26)9-4-6-10(27-3)7-5-9/h4-8H,1-3H3,(H,20,23)(H2,19,21,28). The molecule has 0 atom stereocenters. The lowest BCUT2D eigenvalue weighted by Crippen LogP contribution is -2.26. The van der Waals surface area contributed by atoms with Gasteiger partial charge in [0.05, 0.1) is 18.2 Å². The van der Waals surface area contributed by atoms with Crippen LogP contribution in [0.3, 0.4) is 0 Å². The molecule has 30 heavy (non-hydrogen) atoms. The number of thiocarbonyl (C=S) groups is 1. The monoisotopic (exact) mass is 459 g/mol. The summed E-state index contributed by atoms with van der Waals surface area (Å²) in [5.41, 5.74) is 0.912. The normalized spacial score (nSPS) is 10.8. The van der Waals surface area contributed by atoms with Gasteiger partial charge in [0.2, 0.25) is 5.13 Å². The first kappa shape index (κ1) is 20.2. The maximum absolute atomic E-state index is 13.4. The van der Waals surface area contributed by atoms with E-state index in [9.17, 15) is 4.79 Å². The van der Waals surface area contributed by atoms with Crippen LogP contribution >= 0.6 is 34.9 Å². The van der Waals surface area contributed by atoms with Gasteiger partial charge in [-0.25, -0.2) is 0 Å². The molecule has 0 unspecified atom stereocenters. The van der Waals surface area contributed by atoms with Gasteiger partial charge in [0.25, 0.3) is 5.56 Å². The first-order valence-corrected chi connectivity index (χ1v) is 10.9. The molecule has 0 saturated carbocycles. The van der Waals surface area contributed by atoms with Crippen LogP contribution in [0.2, 0.25) is 0 Å². The quantitative estimate of drug-likeness (QED) is 0.388. The molecule has 3 aromatic heterocycles. The minimum atomic E-state index is -0.264. The predicted molar refractivity (Wildman–Crippen MR) is 125 cm³/mol. The third-order valence-electron chi connectivity index (χ3n) is 4.26. The Bertz CT molecular complexity index is 1280. The van der Waals surface area contributed by atoms with Crippen LogP contribution in [0, 0.1) is 0 Å². The number of fused-ring (bicyclic) bond motifs is 1. The summed E-state index contributed by atoms with van der Waals surface area (Å²) in [6, 6.07) is 7.11. The van der Waals surface area contributed by atoms with Crippen LogP contribution in [0.4, 0.5) is 10.1 Å². The number of benzene rings is 1. The van der Waals surface area contributed by atoms with Crippen molar-refractivity contribution in [3.05, 3.63) is 40.0 Å². The van der Waals surface area contributed by atoms with Crippen molar-refractivity contribution < 1.29 is 4.74 Å². The van der Waals surface area contributed by atoms with Gasteiger partial charge in [0.1, 0.15) is 16.4 Å². The van der Waals surface area contributed by atoms with E-state index in [1.165, 1.54) is 27.4 Å². The molecule has 0 amide bonds. The molecule has 4 rings (SSSR count). The first-order valence-electron chi connectivity index (χ1n) is 8.75. The zero-order valence-electron chi connectivity index (χ0n) is 16.2. The number of nitrogens with zero attached hydrogens (tertiary/aromatic N) is 4. The number of anilines is 2. The van der Waals surface area contributed by atoms with Gasteiger partial charge in [0, 0.05) is 24.9 Å². The second kappa shape index (κ2) is 8.34. The number of hydrogen-bond acceptors (Lipinski definition) is 9. The van der Waals surface area contributed by atoms with Crippen molar-refractivity contribution in [2.45, 2.75) is 0 Å². The second-order valence-electron chi connectivity index (χ2n) is 5.98. The maximum Gasteiger partial charge on any atom is 0.282 e. The molecule has 0 spiro atoms. The first-order chi connectivity index (χ1) is 14.5. The van der Waals surface area contributed by atoms with Crippen LogP contribution in [0.5, 0.6) is 5.75 Å². The molecule has 0 aliphatic heterocycles. The van der Waals surface area contributed by atoms with E-state index in [1.54, 1.807) is 45.5 Å². The van der Waals surface area contributed by atoms with E-state index in [-0.39, 0.29) is 5.56 Å². The van der Waals surface area contributed by atoms with Gasteiger partial charge in [-0.15, -0.1) is 21.5 Å². The lowest BCUT2D eigenvalue weighted by molar-refractivity contribution is 0.414. The van der Waals surface area contributed by atoms with Gasteiger partial charge in [-0.2, -0.15) is 9.78 Å². The zero-order valence-corrected chi connectivity index (χ0v) is 18.7. The summed E-state index contributed by atoms with van der Waals surface area (Å²) in [6.07, 6.45) is 0. The Kier molecular flexibility index (Phi) is 5.61. The molecule has 0 radical (unpaired) electrons. The predicted octanol–water partition coefficient (Wildman–Crippen LogP) is 2.93. The SMILES string of the molecule is CNC(=S)Nc1scc2c(-c3nnc(NC)s3)nn(-c3ccc(OC)cc3)c(=O)c12. The number of thiophene rings is 1. The van der Waals surface area contributed by atoms with Crippen molar-refractivity contribution in [2.24, 2.45) is 0 Å². The molecule has 0 aliphatic rings. The van der Waals surface area contributed by atoms with Crippen LogP contribution < -0.4 is 26.2 Å². The Labute approximate surface area is 184 Å². The Morgan fingerprint density at radius 3 is 2.60 bits per heavy atom. The summed E-state index contributed by atoms with van der Waals surface area (Å²) in [6.45, 7) is 0. The average Bonchev–Trinajstić information content (AvgIpc) is 3.42. The van der Waals surface area contributed by atoms with Gasteiger partial charge in [-0.05, 0) is 36.5 Å². The minimum absolute atomic E-state index is 0.264. The highest BCUT2D eigenvalue weighted by Gasteiger charge is 2.21. The Morgan fingerprint density at radius 2 is 1.97 bits per heavy atom. The van der Waals surface area contributed by atoms with Crippen molar-refractivity contribution in [1.82, 2.24) is 25.3 Å². The van der Waals surface area contributed by atoms with E-state index < -0.39 is 0 Å². The highest BCUT2D eigenvalue weighted by Crippen LogP contribution is 2.36. The largest absolute Gasteiger partial charge is 0.497 e. The van der Waals surface area contributed by atoms with Crippen molar-refractivity contribution in [2.75, 3.05) is 31.8 Å². The second-order valence-corrected chi connectivity index (χ2v) is 8.25. The molecule has 12 heteroatoms. The number of hydrogen-bond donors (Lipinski definition) is 3. The number of ether oxygens (including phenoxy) is 1. The highest BCUT2D eigenvalue weighted by atomic mass is 32.1. The molecule has 4 aromatic rings. The summed E-state index contributed by atoms with van der Waals surface area (Å²) in [7, 11) is 5.08. The van der Waals surface area contributed by atoms with Gasteiger partial charge < -0.3 is 20.7 Å². The van der Waals surface area contributed by atoms with Crippen LogP contribution in [-0.2, 0) is 0 Å². The number of rotatable bonds is 5. The fourth-order valence-corrected chi connectivity index (χ4v) is 4.59. The lowest BCUT2D eigenvalue weighted by Gasteiger charge is -2.10. The topological polar surface area (TPSA) is 106 Å². The van der Waals surface area contributed by atoms with E-state index in [0.29, 0.717) is 48.2 Å². The summed E-state index contributed by atoms with van der Waals surface area (Å²) in [5.74, 6) is 0.688. The molecule has 0 fully saturated rings. The number of methoxy groups -OCH3 is 1. The van der Waals surface area contributed by atoms with E-state index in [1.807, 2.05) is 5.38 Å². The summed E-state index contributed by atoms with van der Waals surface area (Å²) >= 11 is 7.97. The van der Waals surface area contributed by atoms with Crippen molar-refractivity contribution >= 4 is 60.9 Å². The average molecular weight is 460 g/mol. The molecular formula is C18H17N7O2S3.